The van der Waals surface area contributed by atoms with Crippen molar-refractivity contribution >= 4 is 0 Å². The Morgan fingerprint density at radius 3 is 2.07 bits per heavy atom. The number of hydrogen-bond donors (Lipinski definition) is 8. The van der Waals surface area contributed by atoms with Gasteiger partial charge in [0, 0.05) is 46.9 Å². The standard InChI is InChI=1S/C30H24O11/c31-14-4-1-12(2-5-14)27-21(37)10-16-18(34)11-23-25(28(16)39-27)26-24-20(36)8-15(32)9-22(24)40-30(41-23,29(26)38)13-3-6-17(33)19(35)7-13/h1-9,11,21,26-27,29,31-38H,10H2/t21-,26?,27+,29+,30-/m0/s1. The van der Waals surface area contributed by atoms with Crippen molar-refractivity contribution < 1.29 is 55.1 Å². The summed E-state index contributed by atoms with van der Waals surface area (Å²) in [5.74, 6) is -4.89. The summed E-state index contributed by atoms with van der Waals surface area (Å²) >= 11 is 0. The second kappa shape index (κ2) is 8.50. The SMILES string of the molecule is Oc1ccc([C@H]2Oc3c(c(O)cc4c3C3c5c(O)cc(O)cc5O[C@@](c5ccc(O)c(O)c5)(O4)[C@@H]3O)C[C@@H]2O)cc1. The smallest absolute Gasteiger partial charge is 0.305 e. The molecule has 8 N–H and O–H groups in total. The van der Waals surface area contributed by atoms with Gasteiger partial charge in [-0.15, -0.1) is 0 Å². The van der Waals surface area contributed by atoms with Crippen molar-refractivity contribution in [2.24, 2.45) is 0 Å². The molecular formula is C30H24O11. The molecule has 7 rings (SSSR count). The van der Waals surface area contributed by atoms with Gasteiger partial charge in [-0.2, -0.15) is 0 Å². The van der Waals surface area contributed by atoms with Gasteiger partial charge in [0.2, 0.25) is 0 Å². The average Bonchev–Trinajstić information content (AvgIpc) is 2.91. The Labute approximate surface area is 231 Å². The molecule has 3 aliphatic rings. The van der Waals surface area contributed by atoms with Crippen LogP contribution in [0.15, 0.2) is 60.7 Å². The fourth-order valence-electron chi connectivity index (χ4n) is 6.04. The van der Waals surface area contributed by atoms with Crippen LogP contribution < -0.4 is 14.2 Å². The Morgan fingerprint density at radius 2 is 1.37 bits per heavy atom. The number of hydrogen-bond acceptors (Lipinski definition) is 11. The Morgan fingerprint density at radius 1 is 0.659 bits per heavy atom. The molecule has 11 heteroatoms. The lowest BCUT2D eigenvalue weighted by atomic mass is 9.74. The fraction of sp³-hybridized carbons (Fsp3) is 0.200. The van der Waals surface area contributed by atoms with Crippen LogP contribution >= 0.6 is 0 Å². The molecule has 2 bridgehead atoms. The van der Waals surface area contributed by atoms with Crippen LogP contribution in [0, 0.1) is 0 Å². The van der Waals surface area contributed by atoms with E-state index in [4.69, 9.17) is 14.2 Å². The van der Waals surface area contributed by atoms with E-state index in [9.17, 15) is 40.9 Å². The normalized spacial score (nSPS) is 25.5. The highest BCUT2D eigenvalue weighted by molar-refractivity contribution is 5.68. The van der Waals surface area contributed by atoms with Gasteiger partial charge in [-0.1, -0.05) is 12.1 Å². The van der Waals surface area contributed by atoms with Crippen LogP contribution in [0.2, 0.25) is 0 Å². The highest BCUT2D eigenvalue weighted by Gasteiger charge is 2.60. The minimum absolute atomic E-state index is 0.0231. The van der Waals surface area contributed by atoms with Crippen molar-refractivity contribution in [1.82, 2.24) is 0 Å². The van der Waals surface area contributed by atoms with Crippen LogP contribution in [0.5, 0.6) is 51.7 Å². The number of fused-ring (bicyclic) bond motifs is 8. The molecule has 5 atom stereocenters. The van der Waals surface area contributed by atoms with Crippen LogP contribution in [-0.4, -0.2) is 53.1 Å². The lowest BCUT2D eigenvalue weighted by Crippen LogP contribution is -2.57. The molecule has 0 aromatic heterocycles. The van der Waals surface area contributed by atoms with Gasteiger partial charge in [0.15, 0.2) is 11.5 Å². The molecule has 41 heavy (non-hydrogen) atoms. The van der Waals surface area contributed by atoms with Gasteiger partial charge >= 0.3 is 5.79 Å². The van der Waals surface area contributed by atoms with E-state index in [1.165, 1.54) is 36.4 Å². The third kappa shape index (κ3) is 3.52. The maximum Gasteiger partial charge on any atom is 0.305 e. The molecule has 210 valence electrons. The van der Waals surface area contributed by atoms with Gasteiger partial charge in [0.1, 0.15) is 52.5 Å². The molecule has 1 unspecified atom stereocenters. The van der Waals surface area contributed by atoms with Crippen LogP contribution in [0.25, 0.3) is 0 Å². The van der Waals surface area contributed by atoms with E-state index in [2.05, 4.69) is 0 Å². The van der Waals surface area contributed by atoms with Gasteiger partial charge < -0.3 is 55.1 Å². The molecule has 0 saturated heterocycles. The molecule has 0 radical (unpaired) electrons. The monoisotopic (exact) mass is 560 g/mol. The lowest BCUT2D eigenvalue weighted by Gasteiger charge is -2.50. The molecule has 3 aliphatic heterocycles. The lowest BCUT2D eigenvalue weighted by molar-refractivity contribution is -0.219. The number of rotatable bonds is 2. The third-order valence-corrected chi connectivity index (χ3v) is 7.92. The summed E-state index contributed by atoms with van der Waals surface area (Å²) in [5.41, 5.74) is 1.26. The van der Waals surface area contributed by atoms with Gasteiger partial charge in [-0.05, 0) is 35.9 Å². The number of benzene rings is 4. The number of phenols is 6. The van der Waals surface area contributed by atoms with Crippen LogP contribution in [0.1, 0.15) is 39.8 Å². The number of ether oxygens (including phenoxy) is 3. The molecule has 0 fully saturated rings. The molecule has 0 spiro atoms. The van der Waals surface area contributed by atoms with Crippen LogP contribution in [0.3, 0.4) is 0 Å². The van der Waals surface area contributed by atoms with E-state index in [1.54, 1.807) is 12.1 Å². The topological polar surface area (TPSA) is 190 Å². The van der Waals surface area contributed by atoms with Crippen molar-refractivity contribution in [3.63, 3.8) is 0 Å². The zero-order valence-corrected chi connectivity index (χ0v) is 21.1. The van der Waals surface area contributed by atoms with Gasteiger partial charge in [0.05, 0.1) is 12.0 Å². The molecule has 0 amide bonds. The van der Waals surface area contributed by atoms with E-state index >= 15 is 0 Å². The summed E-state index contributed by atoms with van der Waals surface area (Å²) in [6.45, 7) is 0. The molecule has 3 heterocycles. The summed E-state index contributed by atoms with van der Waals surface area (Å²) in [6.07, 6.45) is -3.60. The maximum absolute atomic E-state index is 11.9. The highest BCUT2D eigenvalue weighted by Crippen LogP contribution is 2.62. The Kier molecular flexibility index (Phi) is 5.18. The quantitative estimate of drug-likeness (QED) is 0.168. The first kappa shape index (κ1) is 25.0. The van der Waals surface area contributed by atoms with Crippen molar-refractivity contribution in [2.75, 3.05) is 0 Å². The van der Waals surface area contributed by atoms with Crippen molar-refractivity contribution in [1.29, 1.82) is 0 Å². The first-order valence-corrected chi connectivity index (χ1v) is 12.7. The van der Waals surface area contributed by atoms with E-state index < -0.39 is 41.5 Å². The molecule has 0 saturated carbocycles. The summed E-state index contributed by atoms with van der Waals surface area (Å²) < 4.78 is 18.7. The molecule has 11 nitrogen and oxygen atoms in total. The van der Waals surface area contributed by atoms with Gasteiger partial charge in [-0.3, -0.25) is 0 Å². The van der Waals surface area contributed by atoms with E-state index in [0.717, 1.165) is 12.1 Å². The molecule has 4 aromatic carbocycles. The van der Waals surface area contributed by atoms with Crippen molar-refractivity contribution in [3.05, 3.63) is 88.5 Å². The summed E-state index contributed by atoms with van der Waals surface area (Å²) in [5, 5.41) is 85.0. The number of aliphatic hydroxyl groups excluding tert-OH is 2. The van der Waals surface area contributed by atoms with Gasteiger partial charge in [-0.25, -0.2) is 0 Å². The number of aromatic hydroxyl groups is 6. The zero-order chi connectivity index (χ0) is 28.8. The van der Waals surface area contributed by atoms with E-state index in [-0.39, 0.29) is 68.9 Å². The minimum Gasteiger partial charge on any atom is -0.508 e. The highest BCUT2D eigenvalue weighted by atomic mass is 16.7. The second-order valence-corrected chi connectivity index (χ2v) is 10.4. The van der Waals surface area contributed by atoms with Crippen molar-refractivity contribution in [3.8, 4) is 51.7 Å². The first-order valence-electron chi connectivity index (χ1n) is 12.7. The van der Waals surface area contributed by atoms with E-state index in [0.29, 0.717) is 5.56 Å². The minimum atomic E-state index is -2.05. The Hall–Kier alpha value is -5.00. The fourth-order valence-corrected chi connectivity index (χ4v) is 6.04. The summed E-state index contributed by atoms with van der Waals surface area (Å²) in [6, 6.07) is 13.4. The summed E-state index contributed by atoms with van der Waals surface area (Å²) in [7, 11) is 0. The maximum atomic E-state index is 11.9. The third-order valence-electron chi connectivity index (χ3n) is 7.92. The first-order chi connectivity index (χ1) is 19.6. The van der Waals surface area contributed by atoms with E-state index in [1.807, 2.05) is 0 Å². The number of phenolic OH excluding ortho intramolecular Hbond substituents is 6. The number of aliphatic hydroxyl groups is 2. The summed E-state index contributed by atoms with van der Waals surface area (Å²) in [4.78, 5) is 0. The second-order valence-electron chi connectivity index (χ2n) is 10.4. The Bertz CT molecular complexity index is 1720. The molecular weight excluding hydrogens is 536 g/mol. The average molecular weight is 561 g/mol. The predicted molar refractivity (Wildman–Crippen MR) is 140 cm³/mol. The van der Waals surface area contributed by atoms with Crippen LogP contribution in [0.4, 0.5) is 0 Å². The zero-order valence-electron chi connectivity index (χ0n) is 21.1. The van der Waals surface area contributed by atoms with Crippen LogP contribution in [-0.2, 0) is 12.2 Å². The Balaban J connectivity index is 1.48. The molecule has 4 aromatic rings. The molecule has 0 aliphatic carbocycles. The largest absolute Gasteiger partial charge is 0.508 e. The van der Waals surface area contributed by atoms with Gasteiger partial charge in [0.25, 0.3) is 0 Å². The predicted octanol–water partition coefficient (Wildman–Crippen LogP) is 3.09. The van der Waals surface area contributed by atoms with Crippen molar-refractivity contribution in [2.45, 2.75) is 36.4 Å².